The van der Waals surface area contributed by atoms with Crippen molar-refractivity contribution in [3.63, 3.8) is 0 Å². The fourth-order valence-corrected chi connectivity index (χ4v) is 4.73. The van der Waals surface area contributed by atoms with E-state index < -0.39 is 18.1 Å². The van der Waals surface area contributed by atoms with E-state index in [0.29, 0.717) is 16.9 Å². The molecule has 0 saturated carbocycles. The van der Waals surface area contributed by atoms with Gasteiger partial charge in [0.15, 0.2) is 0 Å². The van der Waals surface area contributed by atoms with Crippen molar-refractivity contribution in [1.29, 1.82) is 0 Å². The first-order chi connectivity index (χ1) is 18.5. The van der Waals surface area contributed by atoms with E-state index in [2.05, 4.69) is 5.32 Å². The molecule has 1 unspecified atom stereocenters. The SMILES string of the molecule is O=C(NC(Cc1ccc(OCc2cccc(F)c2)cc1)C(=O)O)OCC1c2ccccc2-c2ccccc21. The third-order valence-electron chi connectivity index (χ3n) is 6.59. The summed E-state index contributed by atoms with van der Waals surface area (Å²) in [6, 6.07) is 27.9. The molecule has 1 atom stereocenters. The Morgan fingerprint density at radius 2 is 1.50 bits per heavy atom. The van der Waals surface area contributed by atoms with Crippen molar-refractivity contribution in [3.8, 4) is 16.9 Å². The highest BCUT2D eigenvalue weighted by atomic mass is 19.1. The zero-order valence-corrected chi connectivity index (χ0v) is 20.5. The van der Waals surface area contributed by atoms with E-state index in [1.165, 1.54) is 12.1 Å². The molecule has 0 heterocycles. The fourth-order valence-electron chi connectivity index (χ4n) is 4.73. The maximum atomic E-state index is 13.3. The highest BCUT2D eigenvalue weighted by Crippen LogP contribution is 2.44. The number of hydrogen-bond donors (Lipinski definition) is 2. The second-order valence-electron chi connectivity index (χ2n) is 9.13. The van der Waals surface area contributed by atoms with Crippen LogP contribution in [-0.2, 0) is 22.6 Å². The van der Waals surface area contributed by atoms with Crippen molar-refractivity contribution in [2.75, 3.05) is 6.61 Å². The number of alkyl carbamates (subject to hydrolysis) is 1. The normalized spacial score (nSPS) is 12.8. The maximum Gasteiger partial charge on any atom is 0.407 e. The van der Waals surface area contributed by atoms with E-state index in [0.717, 1.165) is 22.3 Å². The van der Waals surface area contributed by atoms with Gasteiger partial charge in [-0.15, -0.1) is 0 Å². The molecule has 6 nitrogen and oxygen atoms in total. The van der Waals surface area contributed by atoms with Gasteiger partial charge in [-0.2, -0.15) is 0 Å². The van der Waals surface area contributed by atoms with Crippen molar-refractivity contribution in [2.45, 2.75) is 25.0 Å². The topological polar surface area (TPSA) is 84.9 Å². The third-order valence-corrected chi connectivity index (χ3v) is 6.59. The van der Waals surface area contributed by atoms with Crippen molar-refractivity contribution < 1.29 is 28.6 Å². The van der Waals surface area contributed by atoms with E-state index >= 15 is 0 Å². The molecule has 4 aromatic rings. The van der Waals surface area contributed by atoms with E-state index in [9.17, 15) is 19.1 Å². The minimum Gasteiger partial charge on any atom is -0.489 e. The molecular formula is C31H26FNO5. The summed E-state index contributed by atoms with van der Waals surface area (Å²) in [5, 5.41) is 12.2. The number of hydrogen-bond acceptors (Lipinski definition) is 4. The summed E-state index contributed by atoms with van der Waals surface area (Å²) >= 11 is 0. The minimum atomic E-state index is -1.16. The van der Waals surface area contributed by atoms with Gasteiger partial charge >= 0.3 is 12.1 Å². The lowest BCUT2D eigenvalue weighted by Crippen LogP contribution is -2.42. The van der Waals surface area contributed by atoms with Gasteiger partial charge in [0, 0.05) is 12.3 Å². The van der Waals surface area contributed by atoms with Crippen LogP contribution in [0.2, 0.25) is 0 Å². The van der Waals surface area contributed by atoms with Crippen LogP contribution in [0.4, 0.5) is 9.18 Å². The molecule has 1 aliphatic carbocycles. The van der Waals surface area contributed by atoms with E-state index in [1.54, 1.807) is 36.4 Å². The van der Waals surface area contributed by atoms with Gasteiger partial charge in [0.2, 0.25) is 0 Å². The average molecular weight is 512 g/mol. The first-order valence-electron chi connectivity index (χ1n) is 12.3. The number of fused-ring (bicyclic) bond motifs is 3. The van der Waals surface area contributed by atoms with Crippen LogP contribution < -0.4 is 10.1 Å². The number of aliphatic carboxylic acids is 1. The van der Waals surface area contributed by atoms with Gasteiger partial charge in [0.05, 0.1) is 0 Å². The number of rotatable bonds is 9. The lowest BCUT2D eigenvalue weighted by atomic mass is 9.98. The average Bonchev–Trinajstić information content (AvgIpc) is 3.25. The van der Waals surface area contributed by atoms with Gasteiger partial charge < -0.3 is 19.9 Å². The Labute approximate surface area is 219 Å². The van der Waals surface area contributed by atoms with Crippen molar-refractivity contribution in [2.24, 2.45) is 0 Å². The van der Waals surface area contributed by atoms with Gasteiger partial charge in [-0.3, -0.25) is 0 Å². The highest BCUT2D eigenvalue weighted by molar-refractivity contribution is 5.81. The number of halogens is 1. The molecule has 1 aliphatic rings. The molecule has 192 valence electrons. The number of benzene rings is 4. The molecule has 0 aromatic heterocycles. The van der Waals surface area contributed by atoms with Crippen molar-refractivity contribution in [1.82, 2.24) is 5.32 Å². The molecule has 1 amide bonds. The quantitative estimate of drug-likeness (QED) is 0.291. The molecular weight excluding hydrogens is 485 g/mol. The Bertz CT molecular complexity index is 1410. The van der Waals surface area contributed by atoms with E-state index in [1.807, 2.05) is 48.5 Å². The monoisotopic (exact) mass is 511 g/mol. The maximum absolute atomic E-state index is 13.3. The summed E-state index contributed by atoms with van der Waals surface area (Å²) in [6.45, 7) is 0.307. The summed E-state index contributed by atoms with van der Waals surface area (Å²) in [7, 11) is 0. The molecule has 2 N–H and O–H groups in total. The summed E-state index contributed by atoms with van der Waals surface area (Å²) in [6.07, 6.45) is -0.710. The molecule has 0 aliphatic heterocycles. The van der Waals surface area contributed by atoms with Gasteiger partial charge in [-0.05, 0) is 57.6 Å². The highest BCUT2D eigenvalue weighted by Gasteiger charge is 2.29. The van der Waals surface area contributed by atoms with Crippen LogP contribution in [0, 0.1) is 5.82 Å². The second-order valence-corrected chi connectivity index (χ2v) is 9.13. The van der Waals surface area contributed by atoms with Gasteiger partial charge in [0.1, 0.15) is 30.8 Å². The summed E-state index contributed by atoms with van der Waals surface area (Å²) in [5.74, 6) is -1.04. The van der Waals surface area contributed by atoms with Crippen molar-refractivity contribution in [3.05, 3.63) is 125 Å². The van der Waals surface area contributed by atoms with Crippen LogP contribution in [0.15, 0.2) is 97.1 Å². The van der Waals surface area contributed by atoms with Gasteiger partial charge in [-0.25, -0.2) is 14.0 Å². The van der Waals surface area contributed by atoms with Gasteiger partial charge in [-0.1, -0.05) is 72.8 Å². The molecule has 0 radical (unpaired) electrons. The molecule has 5 rings (SSSR count). The van der Waals surface area contributed by atoms with Crippen LogP contribution in [0.3, 0.4) is 0 Å². The van der Waals surface area contributed by atoms with E-state index in [-0.39, 0.29) is 31.4 Å². The van der Waals surface area contributed by atoms with Crippen LogP contribution in [-0.4, -0.2) is 29.8 Å². The number of carboxylic acids is 1. The molecule has 38 heavy (non-hydrogen) atoms. The molecule has 0 spiro atoms. The van der Waals surface area contributed by atoms with Crippen LogP contribution >= 0.6 is 0 Å². The third kappa shape index (κ3) is 5.67. The second kappa shape index (κ2) is 11.2. The van der Waals surface area contributed by atoms with Crippen LogP contribution in [0.5, 0.6) is 5.75 Å². The lowest BCUT2D eigenvalue weighted by Gasteiger charge is -2.17. The fraction of sp³-hybridized carbons (Fsp3) is 0.161. The first kappa shape index (κ1) is 25.0. The zero-order chi connectivity index (χ0) is 26.5. The molecule has 0 saturated heterocycles. The predicted molar refractivity (Wildman–Crippen MR) is 141 cm³/mol. The number of carbonyl (C=O) groups excluding carboxylic acids is 1. The Kier molecular flexibility index (Phi) is 7.35. The summed E-state index contributed by atoms with van der Waals surface area (Å²) in [4.78, 5) is 24.4. The van der Waals surface area contributed by atoms with Crippen LogP contribution in [0.1, 0.15) is 28.2 Å². The van der Waals surface area contributed by atoms with E-state index in [4.69, 9.17) is 9.47 Å². The van der Waals surface area contributed by atoms with Crippen LogP contribution in [0.25, 0.3) is 11.1 Å². The Balaban J connectivity index is 1.17. The number of ether oxygens (including phenoxy) is 2. The van der Waals surface area contributed by atoms with Crippen molar-refractivity contribution >= 4 is 12.1 Å². The largest absolute Gasteiger partial charge is 0.489 e. The zero-order valence-electron chi connectivity index (χ0n) is 20.5. The molecule has 4 aromatic carbocycles. The smallest absolute Gasteiger partial charge is 0.407 e. The van der Waals surface area contributed by atoms with Gasteiger partial charge in [0.25, 0.3) is 0 Å². The standard InChI is InChI=1S/C31H26FNO5/c32-22-7-5-6-21(16-22)18-37-23-14-12-20(13-15-23)17-29(30(34)35)33-31(36)38-19-28-26-10-3-1-8-24(26)25-9-2-4-11-27(25)28/h1-16,28-29H,17-19H2,(H,33,36)(H,34,35). The number of carboxylic acid groups (broad SMARTS) is 1. The molecule has 0 bridgehead atoms. The Morgan fingerprint density at radius 3 is 2.13 bits per heavy atom. The summed E-state index contributed by atoms with van der Waals surface area (Å²) < 4.78 is 24.5. The lowest BCUT2D eigenvalue weighted by molar-refractivity contribution is -0.139. The predicted octanol–water partition coefficient (Wildman–Crippen LogP) is 5.94. The molecule has 7 heteroatoms. The number of nitrogens with one attached hydrogen (secondary N) is 1. The Morgan fingerprint density at radius 1 is 0.842 bits per heavy atom. The number of amides is 1. The summed E-state index contributed by atoms with van der Waals surface area (Å²) in [5.41, 5.74) is 5.79. The molecule has 0 fully saturated rings. The minimum absolute atomic E-state index is 0.0731. The first-order valence-corrected chi connectivity index (χ1v) is 12.3. The Hall–Kier alpha value is -4.65. The number of carbonyl (C=O) groups is 2.